The summed E-state index contributed by atoms with van der Waals surface area (Å²) in [4.78, 5) is 27.5. The Morgan fingerprint density at radius 2 is 1.50 bits per heavy atom. The van der Waals surface area contributed by atoms with E-state index in [9.17, 15) is 9.59 Å². The van der Waals surface area contributed by atoms with E-state index >= 15 is 0 Å². The van der Waals surface area contributed by atoms with Crippen molar-refractivity contribution in [2.75, 3.05) is 46.9 Å². The lowest BCUT2D eigenvalue weighted by Crippen LogP contribution is -2.51. The summed E-state index contributed by atoms with van der Waals surface area (Å²) in [5.41, 5.74) is 5.86. The predicted octanol–water partition coefficient (Wildman–Crippen LogP) is -0.0531. The van der Waals surface area contributed by atoms with Crippen molar-refractivity contribution in [2.45, 2.75) is 0 Å². The molecule has 120 valence electrons. The normalized spacial score (nSPS) is 14.7. The maximum absolute atomic E-state index is 12.6. The molecule has 2 N–H and O–H groups in total. The van der Waals surface area contributed by atoms with Crippen molar-refractivity contribution in [3.05, 3.63) is 23.8 Å². The second-order valence-electron chi connectivity index (χ2n) is 4.98. The second-order valence-corrected chi connectivity index (χ2v) is 4.98. The molecule has 0 atom stereocenters. The van der Waals surface area contributed by atoms with Crippen LogP contribution in [0, 0.1) is 0 Å². The number of benzene rings is 1. The molecule has 1 aromatic rings. The molecule has 2 rings (SSSR count). The Hall–Kier alpha value is -2.28. The number of ether oxygens (including phenoxy) is 2. The molecule has 7 nitrogen and oxygen atoms in total. The summed E-state index contributed by atoms with van der Waals surface area (Å²) in [6.45, 7) is 1.99. The summed E-state index contributed by atoms with van der Waals surface area (Å²) < 4.78 is 10.4. The molecule has 0 saturated carbocycles. The van der Waals surface area contributed by atoms with E-state index < -0.39 is 0 Å². The summed E-state index contributed by atoms with van der Waals surface area (Å²) in [7, 11) is 3.08. The van der Waals surface area contributed by atoms with Gasteiger partial charge in [-0.1, -0.05) is 0 Å². The molecule has 22 heavy (non-hydrogen) atoms. The first-order valence-corrected chi connectivity index (χ1v) is 7.09. The van der Waals surface area contributed by atoms with Crippen LogP contribution in [0.1, 0.15) is 10.4 Å². The minimum atomic E-state index is -0.1000. The van der Waals surface area contributed by atoms with Crippen LogP contribution in [-0.4, -0.2) is 68.6 Å². The number of nitrogens with zero attached hydrogens (tertiary/aromatic N) is 2. The quantitative estimate of drug-likeness (QED) is 0.843. The minimum Gasteiger partial charge on any atom is -0.497 e. The highest BCUT2D eigenvalue weighted by atomic mass is 16.5. The number of hydrogen-bond acceptors (Lipinski definition) is 5. The Bertz CT molecular complexity index is 531. The summed E-state index contributed by atoms with van der Waals surface area (Å²) >= 11 is 0. The van der Waals surface area contributed by atoms with Crippen molar-refractivity contribution in [2.24, 2.45) is 5.73 Å². The molecule has 1 fully saturated rings. The number of rotatable bonds is 4. The van der Waals surface area contributed by atoms with Crippen molar-refractivity contribution in [1.29, 1.82) is 0 Å². The van der Waals surface area contributed by atoms with Crippen LogP contribution in [0.2, 0.25) is 0 Å². The molecular formula is C15H21N3O4. The Morgan fingerprint density at radius 3 is 1.95 bits per heavy atom. The summed E-state index contributed by atoms with van der Waals surface area (Å²) in [5.74, 6) is 0.950. The van der Waals surface area contributed by atoms with E-state index in [4.69, 9.17) is 15.2 Å². The molecule has 0 spiro atoms. The van der Waals surface area contributed by atoms with Gasteiger partial charge in [-0.25, -0.2) is 0 Å². The predicted molar refractivity (Wildman–Crippen MR) is 81.1 cm³/mol. The van der Waals surface area contributed by atoms with Crippen LogP contribution in [0.3, 0.4) is 0 Å². The molecule has 1 heterocycles. The molecular weight excluding hydrogens is 286 g/mol. The number of piperazine rings is 1. The lowest BCUT2D eigenvalue weighted by Gasteiger charge is -2.34. The van der Waals surface area contributed by atoms with Crippen molar-refractivity contribution in [1.82, 2.24) is 9.80 Å². The van der Waals surface area contributed by atoms with Crippen LogP contribution in [0.25, 0.3) is 0 Å². The van der Waals surface area contributed by atoms with Gasteiger partial charge in [0.2, 0.25) is 5.91 Å². The van der Waals surface area contributed by atoms with Crippen molar-refractivity contribution in [3.63, 3.8) is 0 Å². The molecule has 0 aliphatic carbocycles. The smallest absolute Gasteiger partial charge is 0.254 e. The van der Waals surface area contributed by atoms with Gasteiger partial charge >= 0.3 is 0 Å². The van der Waals surface area contributed by atoms with Gasteiger partial charge in [-0.3, -0.25) is 9.59 Å². The molecule has 1 aliphatic rings. The third kappa shape index (κ3) is 3.48. The van der Waals surface area contributed by atoms with Crippen LogP contribution in [0.4, 0.5) is 0 Å². The Balaban J connectivity index is 2.08. The van der Waals surface area contributed by atoms with Gasteiger partial charge in [0.1, 0.15) is 11.5 Å². The maximum Gasteiger partial charge on any atom is 0.254 e. The molecule has 1 aliphatic heterocycles. The van der Waals surface area contributed by atoms with Gasteiger partial charge in [-0.15, -0.1) is 0 Å². The van der Waals surface area contributed by atoms with Crippen LogP contribution in [0.15, 0.2) is 18.2 Å². The van der Waals surface area contributed by atoms with Crippen molar-refractivity contribution in [3.8, 4) is 11.5 Å². The van der Waals surface area contributed by atoms with Crippen LogP contribution < -0.4 is 15.2 Å². The Morgan fingerprint density at radius 1 is 1.00 bits per heavy atom. The topological polar surface area (TPSA) is 85.1 Å². The first kappa shape index (κ1) is 16.1. The Kier molecular flexibility index (Phi) is 5.21. The third-order valence-corrected chi connectivity index (χ3v) is 3.69. The fourth-order valence-electron chi connectivity index (χ4n) is 2.40. The van der Waals surface area contributed by atoms with E-state index in [1.807, 2.05) is 0 Å². The molecule has 1 saturated heterocycles. The number of hydrogen-bond donors (Lipinski definition) is 1. The minimum absolute atomic E-state index is 0.00102. The molecule has 0 bridgehead atoms. The zero-order chi connectivity index (χ0) is 16.1. The summed E-state index contributed by atoms with van der Waals surface area (Å²) in [6.07, 6.45) is 0. The first-order valence-electron chi connectivity index (χ1n) is 7.09. The number of carbonyl (C=O) groups excluding carboxylic acids is 2. The van der Waals surface area contributed by atoms with Gasteiger partial charge in [-0.2, -0.15) is 0 Å². The molecule has 0 unspecified atom stereocenters. The van der Waals surface area contributed by atoms with E-state index in [0.29, 0.717) is 43.2 Å². The third-order valence-electron chi connectivity index (χ3n) is 3.69. The highest BCUT2D eigenvalue weighted by molar-refractivity contribution is 5.95. The summed E-state index contributed by atoms with van der Waals surface area (Å²) in [6, 6.07) is 5.08. The second kappa shape index (κ2) is 7.13. The number of methoxy groups -OCH3 is 2. The highest BCUT2D eigenvalue weighted by Crippen LogP contribution is 2.23. The lowest BCUT2D eigenvalue weighted by molar-refractivity contribution is -0.131. The molecule has 0 aromatic heterocycles. The van der Waals surface area contributed by atoms with E-state index in [0.717, 1.165) is 0 Å². The fourth-order valence-corrected chi connectivity index (χ4v) is 2.40. The summed E-state index contributed by atoms with van der Waals surface area (Å²) in [5, 5.41) is 0. The first-order chi connectivity index (χ1) is 10.6. The van der Waals surface area contributed by atoms with Gasteiger partial charge in [-0.05, 0) is 12.1 Å². The highest BCUT2D eigenvalue weighted by Gasteiger charge is 2.24. The Labute approximate surface area is 129 Å². The molecule has 0 radical (unpaired) electrons. The zero-order valence-electron chi connectivity index (χ0n) is 12.9. The van der Waals surface area contributed by atoms with Crippen LogP contribution >= 0.6 is 0 Å². The van der Waals surface area contributed by atoms with E-state index in [1.54, 1.807) is 42.2 Å². The largest absolute Gasteiger partial charge is 0.497 e. The zero-order valence-corrected chi connectivity index (χ0v) is 12.9. The number of carbonyl (C=O) groups is 2. The van der Waals surface area contributed by atoms with Crippen LogP contribution in [-0.2, 0) is 4.79 Å². The van der Waals surface area contributed by atoms with Crippen LogP contribution in [0.5, 0.6) is 11.5 Å². The maximum atomic E-state index is 12.6. The molecule has 2 amide bonds. The van der Waals surface area contributed by atoms with E-state index in [-0.39, 0.29) is 18.4 Å². The average Bonchev–Trinajstić information content (AvgIpc) is 2.59. The number of amides is 2. The lowest BCUT2D eigenvalue weighted by atomic mass is 10.1. The van der Waals surface area contributed by atoms with Gasteiger partial charge in [0, 0.05) is 37.8 Å². The number of nitrogens with two attached hydrogens (primary N) is 1. The fraction of sp³-hybridized carbons (Fsp3) is 0.467. The molecule has 7 heteroatoms. The van der Waals surface area contributed by atoms with Gasteiger partial charge < -0.3 is 25.0 Å². The molecule has 1 aromatic carbocycles. The van der Waals surface area contributed by atoms with Gasteiger partial charge in [0.25, 0.3) is 5.91 Å². The monoisotopic (exact) mass is 307 g/mol. The van der Waals surface area contributed by atoms with E-state index in [1.165, 1.54) is 0 Å². The standard InChI is InChI=1S/C15H21N3O4/c1-21-12-7-11(8-13(9-12)22-2)15(20)18-5-3-17(4-6-18)14(19)10-16/h7-9H,3-6,10,16H2,1-2H3. The van der Waals surface area contributed by atoms with Gasteiger partial charge in [0.15, 0.2) is 0 Å². The SMILES string of the molecule is COc1cc(OC)cc(C(=O)N2CCN(C(=O)CN)CC2)c1. The van der Waals surface area contributed by atoms with Crippen molar-refractivity contribution < 1.29 is 19.1 Å². The average molecular weight is 307 g/mol. The van der Waals surface area contributed by atoms with E-state index in [2.05, 4.69) is 0 Å². The van der Waals surface area contributed by atoms with Gasteiger partial charge in [0.05, 0.1) is 20.8 Å². The van der Waals surface area contributed by atoms with Crippen molar-refractivity contribution >= 4 is 11.8 Å².